The highest BCUT2D eigenvalue weighted by atomic mass is 16.2. The van der Waals surface area contributed by atoms with Crippen LogP contribution < -0.4 is 15.5 Å². The van der Waals surface area contributed by atoms with Crippen molar-refractivity contribution in [1.82, 2.24) is 5.32 Å². The molecule has 29 heavy (non-hydrogen) atoms. The summed E-state index contributed by atoms with van der Waals surface area (Å²) >= 11 is 0. The normalized spacial score (nSPS) is 15.9. The maximum Gasteiger partial charge on any atom is 0.246 e. The molecular formula is C24H29N3O2. The van der Waals surface area contributed by atoms with E-state index in [1.54, 1.807) is 13.0 Å². The van der Waals surface area contributed by atoms with E-state index in [1.165, 1.54) is 24.6 Å². The molecule has 1 unspecified atom stereocenters. The van der Waals surface area contributed by atoms with Gasteiger partial charge in [0, 0.05) is 30.5 Å². The SMILES string of the molecule is CC1CCN(c2ccc(NC(=O)C(C)NC(=O)/C=C/c3ccccc3)cc2)CC1. The molecule has 2 N–H and O–H groups in total. The van der Waals surface area contributed by atoms with Gasteiger partial charge in [0.15, 0.2) is 0 Å². The number of piperidine rings is 1. The third kappa shape index (κ3) is 6.21. The standard InChI is InChI=1S/C24H29N3O2/c1-18-14-16-27(17-15-18)22-11-9-21(10-12-22)26-24(29)19(2)25-23(28)13-8-20-6-4-3-5-7-20/h3-13,18-19H,14-17H2,1-2H3,(H,25,28)(H,26,29)/b13-8+. The molecule has 1 saturated heterocycles. The zero-order valence-corrected chi connectivity index (χ0v) is 17.1. The van der Waals surface area contributed by atoms with Gasteiger partial charge in [-0.25, -0.2) is 0 Å². The fraction of sp³-hybridized carbons (Fsp3) is 0.333. The Labute approximate surface area is 172 Å². The summed E-state index contributed by atoms with van der Waals surface area (Å²) in [6.45, 7) is 6.12. The Morgan fingerprint density at radius 3 is 2.34 bits per heavy atom. The molecule has 152 valence electrons. The second-order valence-corrected chi connectivity index (χ2v) is 7.68. The zero-order valence-electron chi connectivity index (χ0n) is 17.1. The van der Waals surface area contributed by atoms with E-state index in [4.69, 9.17) is 0 Å². The van der Waals surface area contributed by atoms with Crippen LogP contribution in [0.5, 0.6) is 0 Å². The molecule has 0 spiro atoms. The van der Waals surface area contributed by atoms with Gasteiger partial charge in [0.1, 0.15) is 6.04 Å². The van der Waals surface area contributed by atoms with Gasteiger partial charge in [-0.15, -0.1) is 0 Å². The molecule has 5 nitrogen and oxygen atoms in total. The first-order valence-corrected chi connectivity index (χ1v) is 10.2. The van der Waals surface area contributed by atoms with E-state index in [-0.39, 0.29) is 11.8 Å². The lowest BCUT2D eigenvalue weighted by molar-refractivity contribution is -0.123. The second-order valence-electron chi connectivity index (χ2n) is 7.68. The molecule has 0 aliphatic carbocycles. The Morgan fingerprint density at radius 1 is 1.03 bits per heavy atom. The number of amides is 2. The maximum absolute atomic E-state index is 12.4. The van der Waals surface area contributed by atoms with Crippen LogP contribution in [-0.4, -0.2) is 30.9 Å². The number of anilines is 2. The van der Waals surface area contributed by atoms with Crippen molar-refractivity contribution in [3.63, 3.8) is 0 Å². The molecule has 0 aromatic heterocycles. The molecule has 1 aliphatic heterocycles. The Hall–Kier alpha value is -3.08. The predicted octanol–water partition coefficient (Wildman–Crippen LogP) is 4.08. The molecule has 0 bridgehead atoms. The van der Waals surface area contributed by atoms with Gasteiger partial charge in [-0.1, -0.05) is 37.3 Å². The monoisotopic (exact) mass is 391 g/mol. The third-order valence-electron chi connectivity index (χ3n) is 5.26. The van der Waals surface area contributed by atoms with Crippen molar-refractivity contribution < 1.29 is 9.59 Å². The van der Waals surface area contributed by atoms with Gasteiger partial charge >= 0.3 is 0 Å². The van der Waals surface area contributed by atoms with Crippen LogP contribution in [0.25, 0.3) is 6.08 Å². The highest BCUT2D eigenvalue weighted by Crippen LogP contribution is 2.24. The molecule has 2 aromatic carbocycles. The van der Waals surface area contributed by atoms with Crippen molar-refractivity contribution in [2.24, 2.45) is 5.92 Å². The van der Waals surface area contributed by atoms with E-state index in [9.17, 15) is 9.59 Å². The topological polar surface area (TPSA) is 61.4 Å². The molecule has 3 rings (SSSR count). The van der Waals surface area contributed by atoms with E-state index in [0.29, 0.717) is 0 Å². The lowest BCUT2D eigenvalue weighted by Crippen LogP contribution is -2.40. The molecule has 1 atom stereocenters. The molecular weight excluding hydrogens is 362 g/mol. The summed E-state index contributed by atoms with van der Waals surface area (Å²) in [6, 6.07) is 16.8. The van der Waals surface area contributed by atoms with E-state index >= 15 is 0 Å². The quantitative estimate of drug-likeness (QED) is 0.730. The number of nitrogens with one attached hydrogen (secondary N) is 2. The Bertz CT molecular complexity index is 838. The zero-order chi connectivity index (χ0) is 20.6. The first kappa shape index (κ1) is 20.6. The number of carbonyl (C=O) groups is 2. The van der Waals surface area contributed by atoms with Crippen LogP contribution in [0, 0.1) is 5.92 Å². The summed E-state index contributed by atoms with van der Waals surface area (Å²) < 4.78 is 0. The first-order valence-electron chi connectivity index (χ1n) is 10.2. The predicted molar refractivity (Wildman–Crippen MR) is 119 cm³/mol. The minimum Gasteiger partial charge on any atom is -0.372 e. The largest absolute Gasteiger partial charge is 0.372 e. The molecule has 2 aromatic rings. The Kier molecular flexibility index (Phi) is 7.06. The third-order valence-corrected chi connectivity index (χ3v) is 5.26. The van der Waals surface area contributed by atoms with Crippen LogP contribution in [0.4, 0.5) is 11.4 Å². The number of rotatable bonds is 6. The van der Waals surface area contributed by atoms with E-state index in [1.807, 2.05) is 54.6 Å². The van der Waals surface area contributed by atoms with Crippen molar-refractivity contribution in [2.45, 2.75) is 32.7 Å². The summed E-state index contributed by atoms with van der Waals surface area (Å²) in [5.74, 6) is 0.251. The fourth-order valence-corrected chi connectivity index (χ4v) is 3.34. The lowest BCUT2D eigenvalue weighted by Gasteiger charge is -2.32. The second kappa shape index (κ2) is 9.92. The number of hydrogen-bond donors (Lipinski definition) is 2. The minimum absolute atomic E-state index is 0.244. The smallest absolute Gasteiger partial charge is 0.246 e. The number of nitrogens with zero attached hydrogens (tertiary/aromatic N) is 1. The minimum atomic E-state index is -0.633. The first-order chi connectivity index (χ1) is 14.0. The maximum atomic E-state index is 12.4. The molecule has 1 aliphatic rings. The van der Waals surface area contributed by atoms with Gasteiger partial charge in [0.05, 0.1) is 0 Å². The van der Waals surface area contributed by atoms with Gasteiger partial charge in [-0.2, -0.15) is 0 Å². The van der Waals surface area contributed by atoms with Gasteiger partial charge in [0.2, 0.25) is 11.8 Å². The van der Waals surface area contributed by atoms with Gasteiger partial charge in [-0.3, -0.25) is 9.59 Å². The van der Waals surface area contributed by atoms with E-state index in [0.717, 1.165) is 30.3 Å². The van der Waals surface area contributed by atoms with Crippen molar-refractivity contribution >= 4 is 29.3 Å². The molecule has 0 radical (unpaired) electrons. The Morgan fingerprint density at radius 2 is 1.69 bits per heavy atom. The summed E-state index contributed by atoms with van der Waals surface area (Å²) in [6.07, 6.45) is 5.59. The molecule has 1 heterocycles. The summed E-state index contributed by atoms with van der Waals surface area (Å²) in [5, 5.41) is 5.55. The Balaban J connectivity index is 1.49. The van der Waals surface area contributed by atoms with Crippen LogP contribution in [-0.2, 0) is 9.59 Å². The van der Waals surface area contributed by atoms with Crippen molar-refractivity contribution in [2.75, 3.05) is 23.3 Å². The summed E-state index contributed by atoms with van der Waals surface area (Å²) in [4.78, 5) is 26.8. The molecule has 0 saturated carbocycles. The van der Waals surface area contributed by atoms with Crippen molar-refractivity contribution in [3.05, 3.63) is 66.2 Å². The van der Waals surface area contributed by atoms with Crippen LogP contribution in [0.15, 0.2) is 60.7 Å². The average molecular weight is 392 g/mol. The summed E-state index contributed by atoms with van der Waals surface area (Å²) in [5.41, 5.74) is 2.84. The molecule has 1 fully saturated rings. The van der Waals surface area contributed by atoms with Gasteiger partial charge in [0.25, 0.3) is 0 Å². The van der Waals surface area contributed by atoms with Crippen molar-refractivity contribution in [3.8, 4) is 0 Å². The van der Waals surface area contributed by atoms with Crippen LogP contribution in [0.3, 0.4) is 0 Å². The highest BCUT2D eigenvalue weighted by Gasteiger charge is 2.17. The van der Waals surface area contributed by atoms with Crippen LogP contribution in [0.1, 0.15) is 32.3 Å². The van der Waals surface area contributed by atoms with Gasteiger partial charge < -0.3 is 15.5 Å². The fourth-order valence-electron chi connectivity index (χ4n) is 3.34. The number of benzene rings is 2. The van der Waals surface area contributed by atoms with Crippen LogP contribution in [0.2, 0.25) is 0 Å². The van der Waals surface area contributed by atoms with Crippen molar-refractivity contribution in [1.29, 1.82) is 0 Å². The average Bonchev–Trinajstić information content (AvgIpc) is 2.74. The summed E-state index contributed by atoms with van der Waals surface area (Å²) in [7, 11) is 0. The van der Waals surface area contributed by atoms with E-state index in [2.05, 4.69) is 22.5 Å². The lowest BCUT2D eigenvalue weighted by atomic mass is 9.99. The van der Waals surface area contributed by atoms with Gasteiger partial charge in [-0.05, 0) is 61.6 Å². The highest BCUT2D eigenvalue weighted by molar-refractivity contribution is 5.99. The van der Waals surface area contributed by atoms with Crippen LogP contribution >= 0.6 is 0 Å². The molecule has 5 heteroatoms. The number of hydrogen-bond acceptors (Lipinski definition) is 3. The van der Waals surface area contributed by atoms with E-state index < -0.39 is 6.04 Å². The number of carbonyl (C=O) groups excluding carboxylic acids is 2. The molecule has 2 amide bonds.